The van der Waals surface area contributed by atoms with Crippen LogP contribution in [0.3, 0.4) is 0 Å². The van der Waals surface area contributed by atoms with Crippen LogP contribution < -0.4 is 5.32 Å². The van der Waals surface area contributed by atoms with Crippen LogP contribution in [0.4, 0.5) is 30.7 Å². The largest absolute Gasteiger partial charge is 0.469 e. The highest BCUT2D eigenvalue weighted by atomic mass is 19.4. The zero-order valence-electron chi connectivity index (χ0n) is 17.8. The molecule has 1 aliphatic rings. The minimum absolute atomic E-state index is 0.0100. The van der Waals surface area contributed by atoms with Gasteiger partial charge in [0.25, 0.3) is 0 Å². The number of hydrogen-bond donors (Lipinski definition) is 1. The molecule has 3 atom stereocenters. The third kappa shape index (κ3) is 5.87. The highest BCUT2D eigenvalue weighted by molar-refractivity contribution is 5.80. The van der Waals surface area contributed by atoms with E-state index >= 15 is 0 Å². The summed E-state index contributed by atoms with van der Waals surface area (Å²) < 4.78 is 96.7. The van der Waals surface area contributed by atoms with E-state index in [0.29, 0.717) is 30.5 Å². The van der Waals surface area contributed by atoms with Gasteiger partial charge in [0.15, 0.2) is 0 Å². The van der Waals surface area contributed by atoms with Crippen molar-refractivity contribution in [3.8, 4) is 0 Å². The maximum absolute atomic E-state index is 13.4. The van der Waals surface area contributed by atoms with E-state index in [1.807, 2.05) is 0 Å². The van der Waals surface area contributed by atoms with Gasteiger partial charge in [0.1, 0.15) is 5.82 Å². The van der Waals surface area contributed by atoms with E-state index in [2.05, 4.69) is 5.32 Å². The summed E-state index contributed by atoms with van der Waals surface area (Å²) >= 11 is 0. The lowest BCUT2D eigenvalue weighted by Gasteiger charge is -2.25. The van der Waals surface area contributed by atoms with Crippen LogP contribution in [-0.4, -0.2) is 25.0 Å². The van der Waals surface area contributed by atoms with Crippen molar-refractivity contribution in [3.63, 3.8) is 0 Å². The Bertz CT molecular complexity index is 1020. The lowest BCUT2D eigenvalue weighted by atomic mass is 9.86. The van der Waals surface area contributed by atoms with E-state index in [1.54, 1.807) is 0 Å². The molecule has 1 amide bonds. The normalized spacial score (nSPS) is 20.8. The molecule has 1 aliphatic carbocycles. The Morgan fingerprint density at radius 3 is 2.00 bits per heavy atom. The monoisotopic (exact) mass is 491 g/mol. The molecule has 1 N–H and O–H groups in total. The number of carbonyl (C=O) groups excluding carboxylic acids is 2. The smallest absolute Gasteiger partial charge is 0.416 e. The Morgan fingerprint density at radius 1 is 0.941 bits per heavy atom. The summed E-state index contributed by atoms with van der Waals surface area (Å²) in [5, 5.41) is 2.61. The molecule has 3 rings (SSSR count). The first-order valence-corrected chi connectivity index (χ1v) is 10.2. The van der Waals surface area contributed by atoms with E-state index in [4.69, 9.17) is 4.74 Å². The highest BCUT2D eigenvalue weighted by Crippen LogP contribution is 2.41. The first-order chi connectivity index (χ1) is 15.8. The lowest BCUT2D eigenvalue weighted by molar-refractivity contribution is -0.146. The van der Waals surface area contributed by atoms with Crippen LogP contribution in [-0.2, 0) is 33.1 Å². The number of benzene rings is 2. The average molecular weight is 491 g/mol. The van der Waals surface area contributed by atoms with E-state index in [0.717, 1.165) is 0 Å². The van der Waals surface area contributed by atoms with Gasteiger partial charge < -0.3 is 10.1 Å². The van der Waals surface area contributed by atoms with Gasteiger partial charge in [0.2, 0.25) is 5.91 Å². The SMILES string of the molecule is COC(=O)[C@H]1CC[C@H](NC(=O)Cc2cc(C(F)(F)F)cc(C(F)(F)F)c2)[C@@H]1c1ccc(F)cc1. The van der Waals surface area contributed by atoms with E-state index < -0.39 is 71.0 Å². The Labute approximate surface area is 190 Å². The summed E-state index contributed by atoms with van der Waals surface area (Å²) in [5.74, 6) is -3.13. The summed E-state index contributed by atoms with van der Waals surface area (Å²) in [4.78, 5) is 24.8. The molecule has 0 aliphatic heterocycles. The first-order valence-electron chi connectivity index (χ1n) is 10.2. The van der Waals surface area contributed by atoms with Crippen molar-refractivity contribution in [2.45, 2.75) is 43.6 Å². The highest BCUT2D eigenvalue weighted by Gasteiger charge is 2.43. The Balaban J connectivity index is 1.84. The minimum atomic E-state index is -5.03. The number of carbonyl (C=O) groups is 2. The molecule has 0 saturated heterocycles. The van der Waals surface area contributed by atoms with Crippen molar-refractivity contribution >= 4 is 11.9 Å². The van der Waals surface area contributed by atoms with Crippen molar-refractivity contribution in [3.05, 3.63) is 70.5 Å². The molecular weight excluding hydrogens is 471 g/mol. The number of esters is 1. The zero-order chi connectivity index (χ0) is 25.3. The summed E-state index contributed by atoms with van der Waals surface area (Å²) in [7, 11) is 1.20. The minimum Gasteiger partial charge on any atom is -0.469 e. The molecule has 0 unspecified atom stereocenters. The Kier molecular flexibility index (Phi) is 7.23. The van der Waals surface area contributed by atoms with Gasteiger partial charge in [0, 0.05) is 12.0 Å². The maximum atomic E-state index is 13.4. The third-order valence-corrected chi connectivity index (χ3v) is 5.77. The van der Waals surface area contributed by atoms with Crippen molar-refractivity contribution in [1.29, 1.82) is 0 Å². The van der Waals surface area contributed by atoms with E-state index in [1.165, 1.54) is 31.4 Å². The van der Waals surface area contributed by atoms with Gasteiger partial charge in [-0.2, -0.15) is 26.3 Å². The predicted octanol–water partition coefficient (Wildman–Crippen LogP) is 5.26. The van der Waals surface area contributed by atoms with Crippen LogP contribution in [0.1, 0.15) is 41.0 Å². The van der Waals surface area contributed by atoms with Gasteiger partial charge >= 0.3 is 18.3 Å². The zero-order valence-corrected chi connectivity index (χ0v) is 17.8. The van der Waals surface area contributed by atoms with Gasteiger partial charge in [-0.3, -0.25) is 9.59 Å². The molecule has 11 heteroatoms. The summed E-state index contributed by atoms with van der Waals surface area (Å²) in [6.07, 6.45) is -10.2. The van der Waals surface area contributed by atoms with Crippen molar-refractivity contribution in [1.82, 2.24) is 5.32 Å². The molecule has 34 heavy (non-hydrogen) atoms. The second-order valence-electron chi connectivity index (χ2n) is 8.05. The molecule has 4 nitrogen and oxygen atoms in total. The average Bonchev–Trinajstić information content (AvgIpc) is 3.15. The van der Waals surface area contributed by atoms with Crippen molar-refractivity contribution in [2.24, 2.45) is 5.92 Å². The topological polar surface area (TPSA) is 55.4 Å². The fourth-order valence-corrected chi connectivity index (χ4v) is 4.29. The molecule has 0 radical (unpaired) electrons. The van der Waals surface area contributed by atoms with Crippen LogP contribution in [0.2, 0.25) is 0 Å². The van der Waals surface area contributed by atoms with Gasteiger partial charge in [-0.15, -0.1) is 0 Å². The molecule has 0 heterocycles. The van der Waals surface area contributed by atoms with Crippen molar-refractivity contribution < 1.29 is 45.1 Å². The molecule has 1 fully saturated rings. The molecule has 0 aromatic heterocycles. The summed E-state index contributed by atoms with van der Waals surface area (Å²) in [6, 6.07) is 5.59. The molecule has 184 valence electrons. The Hall–Kier alpha value is -3.11. The van der Waals surface area contributed by atoms with Crippen LogP contribution >= 0.6 is 0 Å². The summed E-state index contributed by atoms with van der Waals surface area (Å²) in [5.41, 5.74) is -2.94. The number of ether oxygens (including phenoxy) is 1. The molecule has 2 aromatic rings. The van der Waals surface area contributed by atoms with E-state index in [9.17, 15) is 40.3 Å². The lowest BCUT2D eigenvalue weighted by Crippen LogP contribution is -2.39. The number of rotatable bonds is 5. The van der Waals surface area contributed by atoms with Gasteiger partial charge in [0.05, 0.1) is 30.6 Å². The fourth-order valence-electron chi connectivity index (χ4n) is 4.29. The number of hydrogen-bond acceptors (Lipinski definition) is 3. The third-order valence-electron chi connectivity index (χ3n) is 5.77. The van der Waals surface area contributed by atoms with Gasteiger partial charge in [-0.1, -0.05) is 12.1 Å². The maximum Gasteiger partial charge on any atom is 0.416 e. The molecule has 0 bridgehead atoms. The summed E-state index contributed by atoms with van der Waals surface area (Å²) in [6.45, 7) is 0. The molecular formula is C23H20F7NO3. The molecule has 1 saturated carbocycles. The number of alkyl halides is 6. The fraction of sp³-hybridized carbons (Fsp3) is 0.391. The first kappa shape index (κ1) is 25.5. The second kappa shape index (κ2) is 9.63. The van der Waals surface area contributed by atoms with Crippen LogP contribution in [0.5, 0.6) is 0 Å². The molecule has 2 aromatic carbocycles. The molecule has 0 spiro atoms. The van der Waals surface area contributed by atoms with E-state index in [-0.39, 0.29) is 6.07 Å². The Morgan fingerprint density at radius 2 is 1.50 bits per heavy atom. The van der Waals surface area contributed by atoms with Gasteiger partial charge in [-0.05, 0) is 54.3 Å². The second-order valence-corrected chi connectivity index (χ2v) is 8.05. The quantitative estimate of drug-likeness (QED) is 0.459. The van der Waals surface area contributed by atoms with Gasteiger partial charge in [-0.25, -0.2) is 4.39 Å². The predicted molar refractivity (Wildman–Crippen MR) is 106 cm³/mol. The number of amides is 1. The van der Waals surface area contributed by atoms with Crippen LogP contribution in [0, 0.1) is 11.7 Å². The standard InChI is InChI=1S/C23H20F7NO3/c1-34-21(33)17-6-7-18(20(17)13-2-4-16(24)5-3-13)31-19(32)10-12-8-14(22(25,26)27)11-15(9-12)23(28,29)30/h2-5,8-9,11,17-18,20H,6-7,10H2,1H3,(H,31,32)/t17-,18-,20+/m0/s1. The van der Waals surface area contributed by atoms with Crippen LogP contribution in [0.25, 0.3) is 0 Å². The number of halogens is 7. The van der Waals surface area contributed by atoms with Crippen molar-refractivity contribution in [2.75, 3.05) is 7.11 Å². The number of nitrogens with one attached hydrogen (secondary N) is 1. The number of methoxy groups -OCH3 is 1. The van der Waals surface area contributed by atoms with Crippen LogP contribution in [0.15, 0.2) is 42.5 Å².